The molecule has 0 fully saturated rings. The van der Waals surface area contributed by atoms with Crippen LogP contribution in [0.2, 0.25) is 0 Å². The van der Waals surface area contributed by atoms with Crippen LogP contribution >= 0.6 is 0 Å². The summed E-state index contributed by atoms with van der Waals surface area (Å²) in [5, 5.41) is 0. The van der Waals surface area contributed by atoms with Crippen molar-refractivity contribution in [2.24, 2.45) is 0 Å². The second-order valence-corrected chi connectivity index (χ2v) is 7.78. The summed E-state index contributed by atoms with van der Waals surface area (Å²) in [7, 11) is 0.587. The molecule has 1 aromatic carbocycles. The van der Waals surface area contributed by atoms with Gasteiger partial charge in [0.25, 0.3) is 0 Å². The smallest absolute Gasteiger partial charge is 0.240 e. The topological polar surface area (TPSA) is 49.4 Å². The van der Waals surface area contributed by atoms with E-state index in [2.05, 4.69) is 11.6 Å². The van der Waals surface area contributed by atoms with E-state index in [1.807, 2.05) is 31.1 Å². The molecule has 126 valence electrons. The van der Waals surface area contributed by atoms with E-state index in [1.54, 1.807) is 12.1 Å². The van der Waals surface area contributed by atoms with Crippen molar-refractivity contribution in [3.8, 4) is 0 Å². The lowest BCUT2D eigenvalue weighted by Gasteiger charge is -2.10. The van der Waals surface area contributed by atoms with Crippen molar-refractivity contribution in [3.05, 3.63) is 29.8 Å². The zero-order chi connectivity index (χ0) is 16.4. The Morgan fingerprint density at radius 3 is 2.27 bits per heavy atom. The first kappa shape index (κ1) is 19.1. The highest BCUT2D eigenvalue weighted by Crippen LogP contribution is 2.13. The first-order valence-corrected chi connectivity index (χ1v) is 9.67. The van der Waals surface area contributed by atoms with E-state index in [9.17, 15) is 8.42 Å². The molecule has 0 aliphatic heterocycles. The average Bonchev–Trinajstić information content (AvgIpc) is 2.48. The van der Waals surface area contributed by atoms with Crippen molar-refractivity contribution < 1.29 is 8.42 Å². The van der Waals surface area contributed by atoms with Crippen LogP contribution in [0.5, 0.6) is 0 Å². The third kappa shape index (κ3) is 7.38. The predicted molar refractivity (Wildman–Crippen MR) is 92.6 cm³/mol. The average molecular weight is 327 g/mol. The van der Waals surface area contributed by atoms with E-state index in [0.29, 0.717) is 11.4 Å². The summed E-state index contributed by atoms with van der Waals surface area (Å²) in [5.74, 6) is 0. The van der Waals surface area contributed by atoms with Crippen LogP contribution in [0.15, 0.2) is 29.2 Å². The molecule has 1 rings (SSSR count). The Labute approximate surface area is 136 Å². The summed E-state index contributed by atoms with van der Waals surface area (Å²) >= 11 is 0. The molecule has 4 nitrogen and oxygen atoms in total. The third-order valence-corrected chi connectivity index (χ3v) is 5.10. The molecule has 0 aliphatic rings. The number of aryl methyl sites for hydroxylation is 1. The fraction of sp³-hybridized carbons (Fsp3) is 0.647. The van der Waals surface area contributed by atoms with Gasteiger partial charge in [-0.2, -0.15) is 0 Å². The maximum atomic E-state index is 12.2. The Balaban J connectivity index is 2.46. The van der Waals surface area contributed by atoms with Gasteiger partial charge in [0.2, 0.25) is 10.0 Å². The van der Waals surface area contributed by atoms with Gasteiger partial charge in [0, 0.05) is 6.54 Å². The van der Waals surface area contributed by atoms with Crippen molar-refractivity contribution in [3.63, 3.8) is 0 Å². The summed E-state index contributed by atoms with van der Waals surface area (Å²) in [6.07, 6.45) is 6.74. The van der Waals surface area contributed by atoms with Crippen LogP contribution in [-0.4, -0.2) is 40.5 Å². The molecule has 0 saturated carbocycles. The summed E-state index contributed by atoms with van der Waals surface area (Å²) in [6.45, 7) is 3.55. The van der Waals surface area contributed by atoms with Crippen LogP contribution in [0, 0.1) is 0 Å². The number of nitrogens with zero attached hydrogens (tertiary/aromatic N) is 1. The number of unbranched alkanes of at least 4 members (excludes halogenated alkanes) is 3. The van der Waals surface area contributed by atoms with Crippen molar-refractivity contribution in [2.45, 2.75) is 50.3 Å². The second kappa shape index (κ2) is 9.98. The molecule has 1 N–H and O–H groups in total. The lowest BCUT2D eigenvalue weighted by Crippen LogP contribution is -2.27. The van der Waals surface area contributed by atoms with Gasteiger partial charge in [0.1, 0.15) is 0 Å². The number of sulfonamides is 1. The third-order valence-electron chi connectivity index (χ3n) is 3.63. The molecule has 0 aliphatic carbocycles. The molecular formula is C17H30N2O2S. The Bertz CT molecular complexity index is 510. The van der Waals surface area contributed by atoms with E-state index >= 15 is 0 Å². The maximum absolute atomic E-state index is 12.2. The van der Waals surface area contributed by atoms with Gasteiger partial charge < -0.3 is 4.90 Å². The van der Waals surface area contributed by atoms with E-state index in [-0.39, 0.29) is 0 Å². The molecule has 0 atom stereocenters. The molecule has 0 saturated heterocycles. The van der Waals surface area contributed by atoms with Gasteiger partial charge in [0.15, 0.2) is 0 Å². The van der Waals surface area contributed by atoms with Crippen LogP contribution in [0.25, 0.3) is 0 Å². The monoisotopic (exact) mass is 326 g/mol. The minimum absolute atomic E-state index is 0.356. The number of hydrogen-bond donors (Lipinski definition) is 1. The molecule has 0 spiro atoms. The molecule has 0 aromatic heterocycles. The lowest BCUT2D eigenvalue weighted by atomic mass is 10.1. The highest BCUT2D eigenvalue weighted by molar-refractivity contribution is 7.89. The SMILES string of the molecule is CCCCCCc1ccc(S(=O)(=O)NCCCN(C)C)cc1. The van der Waals surface area contributed by atoms with Crippen molar-refractivity contribution >= 4 is 10.0 Å². The Hall–Kier alpha value is -0.910. The van der Waals surface area contributed by atoms with Gasteiger partial charge in [-0.25, -0.2) is 13.1 Å². The summed E-state index contributed by atoms with van der Waals surface area (Å²) in [6, 6.07) is 7.29. The minimum Gasteiger partial charge on any atom is -0.309 e. The van der Waals surface area contributed by atoms with Crippen molar-refractivity contribution in [1.29, 1.82) is 0 Å². The second-order valence-electron chi connectivity index (χ2n) is 6.01. The lowest BCUT2D eigenvalue weighted by molar-refractivity contribution is 0.400. The number of hydrogen-bond acceptors (Lipinski definition) is 3. The first-order valence-electron chi connectivity index (χ1n) is 8.19. The van der Waals surface area contributed by atoms with Crippen LogP contribution in [-0.2, 0) is 16.4 Å². The van der Waals surface area contributed by atoms with Gasteiger partial charge >= 0.3 is 0 Å². The normalized spacial score (nSPS) is 12.0. The van der Waals surface area contributed by atoms with E-state index < -0.39 is 10.0 Å². The van der Waals surface area contributed by atoms with Crippen LogP contribution < -0.4 is 4.72 Å². The van der Waals surface area contributed by atoms with Crippen LogP contribution in [0.3, 0.4) is 0 Å². The molecule has 0 amide bonds. The Morgan fingerprint density at radius 1 is 1.00 bits per heavy atom. The standard InChI is InChI=1S/C17H30N2O2S/c1-4-5-6-7-9-16-10-12-17(13-11-16)22(20,21)18-14-8-15-19(2)3/h10-13,18H,4-9,14-15H2,1-3H3. The summed E-state index contributed by atoms with van der Waals surface area (Å²) in [5.41, 5.74) is 1.21. The van der Waals surface area contributed by atoms with Gasteiger partial charge in [-0.3, -0.25) is 0 Å². The minimum atomic E-state index is -3.37. The molecule has 5 heteroatoms. The molecule has 0 unspecified atom stereocenters. The van der Waals surface area contributed by atoms with Gasteiger partial charge in [-0.15, -0.1) is 0 Å². The Kier molecular flexibility index (Phi) is 8.68. The first-order chi connectivity index (χ1) is 10.5. The quantitative estimate of drug-likeness (QED) is 0.636. The number of rotatable bonds is 11. The maximum Gasteiger partial charge on any atom is 0.240 e. The fourth-order valence-electron chi connectivity index (χ4n) is 2.28. The van der Waals surface area contributed by atoms with Crippen LogP contribution in [0.4, 0.5) is 0 Å². The molecule has 22 heavy (non-hydrogen) atoms. The van der Waals surface area contributed by atoms with Crippen molar-refractivity contribution in [1.82, 2.24) is 9.62 Å². The van der Waals surface area contributed by atoms with E-state index in [4.69, 9.17) is 0 Å². The van der Waals surface area contributed by atoms with Gasteiger partial charge in [0.05, 0.1) is 4.90 Å². The molecule has 0 radical (unpaired) electrons. The zero-order valence-corrected chi connectivity index (χ0v) is 15.0. The summed E-state index contributed by atoms with van der Waals surface area (Å²) in [4.78, 5) is 2.40. The van der Waals surface area contributed by atoms with Gasteiger partial charge in [-0.1, -0.05) is 38.3 Å². The number of benzene rings is 1. The zero-order valence-electron chi connectivity index (χ0n) is 14.1. The summed E-state index contributed by atoms with van der Waals surface area (Å²) < 4.78 is 27.0. The molecule has 1 aromatic rings. The number of nitrogens with one attached hydrogen (secondary N) is 1. The predicted octanol–water partition coefficient (Wildman–Crippen LogP) is 3.04. The molecular weight excluding hydrogens is 296 g/mol. The highest BCUT2D eigenvalue weighted by Gasteiger charge is 2.12. The van der Waals surface area contributed by atoms with Gasteiger partial charge in [-0.05, 0) is 57.6 Å². The van der Waals surface area contributed by atoms with Crippen LogP contribution in [0.1, 0.15) is 44.6 Å². The Morgan fingerprint density at radius 2 is 1.68 bits per heavy atom. The molecule has 0 heterocycles. The highest BCUT2D eigenvalue weighted by atomic mass is 32.2. The van der Waals surface area contributed by atoms with E-state index in [1.165, 1.54) is 31.2 Å². The molecule has 0 bridgehead atoms. The van der Waals surface area contributed by atoms with Crippen molar-refractivity contribution in [2.75, 3.05) is 27.2 Å². The largest absolute Gasteiger partial charge is 0.309 e. The fourth-order valence-corrected chi connectivity index (χ4v) is 3.35. The van der Waals surface area contributed by atoms with E-state index in [0.717, 1.165) is 19.4 Å².